The standard InChI is InChI=1S/C20H28ClFN4O4/c1-13(2)29-20(28)26-9-5-16(6-10-26)30-24-15-3-7-25(8-4-15)19-17(22)11-14(12-27)18(21)23-19/h3,11,13,16,24,27H,4-10,12H2,1-2H3. The topological polar surface area (TPSA) is 87.2 Å². The van der Waals surface area contributed by atoms with Crippen LogP contribution in [0, 0.1) is 5.82 Å². The first kappa shape index (κ1) is 22.6. The summed E-state index contributed by atoms with van der Waals surface area (Å²) in [6.07, 6.45) is 3.62. The molecular formula is C20H28ClFN4O4. The molecule has 8 nitrogen and oxygen atoms in total. The fourth-order valence-electron chi connectivity index (χ4n) is 3.37. The second-order valence-corrected chi connectivity index (χ2v) is 8.02. The average Bonchev–Trinajstić information content (AvgIpc) is 2.74. The van der Waals surface area contributed by atoms with Gasteiger partial charge in [-0.25, -0.2) is 14.2 Å². The zero-order valence-corrected chi connectivity index (χ0v) is 18.0. The van der Waals surface area contributed by atoms with Crippen molar-refractivity contribution in [1.82, 2.24) is 15.4 Å². The van der Waals surface area contributed by atoms with Gasteiger partial charge in [0.2, 0.25) is 0 Å². The molecule has 1 amide bonds. The fraction of sp³-hybridized carbons (Fsp3) is 0.600. The van der Waals surface area contributed by atoms with Gasteiger partial charge in [0.15, 0.2) is 11.6 Å². The molecule has 3 heterocycles. The minimum absolute atomic E-state index is 0.0102. The lowest BCUT2D eigenvalue weighted by Gasteiger charge is -2.32. The highest BCUT2D eigenvalue weighted by atomic mass is 35.5. The molecule has 0 aliphatic carbocycles. The van der Waals surface area contributed by atoms with Crippen molar-refractivity contribution in [3.05, 3.63) is 34.4 Å². The number of rotatable bonds is 6. The minimum atomic E-state index is -0.507. The second-order valence-electron chi connectivity index (χ2n) is 7.67. The zero-order chi connectivity index (χ0) is 21.7. The molecule has 10 heteroatoms. The van der Waals surface area contributed by atoms with E-state index in [2.05, 4.69) is 10.5 Å². The van der Waals surface area contributed by atoms with Crippen LogP contribution >= 0.6 is 11.6 Å². The number of amides is 1. The van der Waals surface area contributed by atoms with E-state index in [0.717, 1.165) is 18.5 Å². The summed E-state index contributed by atoms with van der Waals surface area (Å²) in [6, 6.07) is 1.22. The molecule has 0 unspecified atom stereocenters. The summed E-state index contributed by atoms with van der Waals surface area (Å²) in [5.41, 5.74) is 4.20. The highest BCUT2D eigenvalue weighted by molar-refractivity contribution is 6.30. The van der Waals surface area contributed by atoms with Gasteiger partial charge in [-0.1, -0.05) is 11.6 Å². The van der Waals surface area contributed by atoms with Crippen LogP contribution in [0.3, 0.4) is 0 Å². The molecule has 0 radical (unpaired) electrons. The van der Waals surface area contributed by atoms with Gasteiger partial charge in [0.05, 0.1) is 18.8 Å². The number of aliphatic hydroxyl groups excluding tert-OH is 1. The van der Waals surface area contributed by atoms with E-state index >= 15 is 0 Å². The van der Waals surface area contributed by atoms with Crippen LogP contribution in [0.4, 0.5) is 15.0 Å². The van der Waals surface area contributed by atoms with Gasteiger partial charge >= 0.3 is 6.09 Å². The number of nitrogens with zero attached hydrogens (tertiary/aromatic N) is 3. The third-order valence-corrected chi connectivity index (χ3v) is 5.38. The zero-order valence-electron chi connectivity index (χ0n) is 17.2. The summed E-state index contributed by atoms with van der Waals surface area (Å²) >= 11 is 5.99. The number of halogens is 2. The summed E-state index contributed by atoms with van der Waals surface area (Å²) in [6.45, 7) is 5.52. The molecule has 2 N–H and O–H groups in total. The van der Waals surface area contributed by atoms with E-state index < -0.39 is 5.82 Å². The minimum Gasteiger partial charge on any atom is -0.447 e. The lowest BCUT2D eigenvalue weighted by Crippen LogP contribution is -2.43. The molecule has 1 fully saturated rings. The molecule has 0 saturated carbocycles. The summed E-state index contributed by atoms with van der Waals surface area (Å²) in [5.74, 6) is -0.332. The predicted octanol–water partition coefficient (Wildman–Crippen LogP) is 2.99. The molecule has 166 valence electrons. The summed E-state index contributed by atoms with van der Waals surface area (Å²) in [4.78, 5) is 25.3. The number of carbonyl (C=O) groups is 1. The number of ether oxygens (including phenoxy) is 1. The molecule has 0 aromatic carbocycles. The quantitative estimate of drug-likeness (QED) is 0.517. The summed E-state index contributed by atoms with van der Waals surface area (Å²) in [7, 11) is 0. The lowest BCUT2D eigenvalue weighted by atomic mass is 10.1. The Morgan fingerprint density at radius 1 is 1.40 bits per heavy atom. The number of aromatic nitrogens is 1. The smallest absolute Gasteiger partial charge is 0.410 e. The van der Waals surface area contributed by atoms with E-state index in [4.69, 9.17) is 26.3 Å². The largest absolute Gasteiger partial charge is 0.447 e. The molecular weight excluding hydrogens is 415 g/mol. The van der Waals surface area contributed by atoms with Crippen molar-refractivity contribution in [1.29, 1.82) is 0 Å². The molecule has 30 heavy (non-hydrogen) atoms. The van der Waals surface area contributed by atoms with Crippen molar-refractivity contribution in [2.24, 2.45) is 0 Å². The van der Waals surface area contributed by atoms with Crippen molar-refractivity contribution in [2.75, 3.05) is 31.1 Å². The number of hydrogen-bond donors (Lipinski definition) is 2. The molecule has 1 aromatic heterocycles. The van der Waals surface area contributed by atoms with Gasteiger partial charge in [-0.15, -0.1) is 0 Å². The molecule has 1 aromatic rings. The van der Waals surface area contributed by atoms with Crippen LogP contribution in [0.15, 0.2) is 17.8 Å². The first-order chi connectivity index (χ1) is 14.4. The molecule has 1 saturated heterocycles. The van der Waals surface area contributed by atoms with Crippen LogP contribution in [0.5, 0.6) is 0 Å². The molecule has 0 atom stereocenters. The number of hydroxylamine groups is 1. The normalized spacial score (nSPS) is 17.9. The summed E-state index contributed by atoms with van der Waals surface area (Å²) < 4.78 is 19.5. The number of hydrogen-bond acceptors (Lipinski definition) is 7. The van der Waals surface area contributed by atoms with Gasteiger partial charge in [-0.3, -0.25) is 10.3 Å². The van der Waals surface area contributed by atoms with Crippen molar-refractivity contribution >= 4 is 23.5 Å². The number of anilines is 1. The first-order valence-corrected chi connectivity index (χ1v) is 10.5. The Labute approximate surface area is 180 Å². The number of nitrogens with one attached hydrogen (secondary N) is 1. The van der Waals surface area contributed by atoms with E-state index in [1.54, 1.807) is 9.80 Å². The third-order valence-electron chi connectivity index (χ3n) is 5.06. The first-order valence-electron chi connectivity index (χ1n) is 10.1. The van der Waals surface area contributed by atoms with E-state index in [-0.39, 0.29) is 41.4 Å². The van der Waals surface area contributed by atoms with Crippen LogP contribution in [-0.2, 0) is 16.2 Å². The average molecular weight is 443 g/mol. The van der Waals surface area contributed by atoms with Crippen LogP contribution < -0.4 is 10.4 Å². The monoisotopic (exact) mass is 442 g/mol. The van der Waals surface area contributed by atoms with Gasteiger partial charge in [-0.2, -0.15) is 0 Å². The van der Waals surface area contributed by atoms with Crippen LogP contribution in [0.25, 0.3) is 0 Å². The fourth-order valence-corrected chi connectivity index (χ4v) is 3.57. The van der Waals surface area contributed by atoms with Gasteiger partial charge in [0, 0.05) is 43.9 Å². The number of piperidine rings is 1. The maximum Gasteiger partial charge on any atom is 0.410 e. The molecule has 3 rings (SSSR count). The Morgan fingerprint density at radius 3 is 2.73 bits per heavy atom. The van der Waals surface area contributed by atoms with Crippen molar-refractivity contribution < 1.29 is 23.9 Å². The van der Waals surface area contributed by atoms with E-state index in [9.17, 15) is 9.18 Å². The Kier molecular flexibility index (Phi) is 7.74. The van der Waals surface area contributed by atoms with Gasteiger partial charge in [-0.05, 0) is 38.8 Å². The van der Waals surface area contributed by atoms with Crippen molar-refractivity contribution in [2.45, 2.75) is 51.9 Å². The van der Waals surface area contributed by atoms with Crippen LogP contribution in [-0.4, -0.2) is 59.5 Å². The van der Waals surface area contributed by atoms with Gasteiger partial charge in [0.25, 0.3) is 0 Å². The third kappa shape index (κ3) is 5.74. The number of aliphatic hydroxyl groups is 1. The number of likely N-dealkylation sites (tertiary alicyclic amines) is 1. The molecule has 2 aliphatic heterocycles. The Morgan fingerprint density at radius 2 is 2.13 bits per heavy atom. The van der Waals surface area contributed by atoms with E-state index in [0.29, 0.717) is 32.6 Å². The Bertz CT molecular complexity index is 784. The number of pyridine rings is 1. The van der Waals surface area contributed by atoms with E-state index in [1.807, 2.05) is 19.9 Å². The predicted molar refractivity (Wildman–Crippen MR) is 110 cm³/mol. The van der Waals surface area contributed by atoms with Crippen LogP contribution in [0.1, 0.15) is 38.7 Å². The van der Waals surface area contributed by atoms with E-state index in [1.165, 1.54) is 6.07 Å². The maximum atomic E-state index is 14.3. The maximum absolute atomic E-state index is 14.3. The SMILES string of the molecule is CC(C)OC(=O)N1CCC(ONC2=CCN(c3nc(Cl)c(CO)cc3F)CC2)CC1. The Hall–Kier alpha value is -2.10. The lowest BCUT2D eigenvalue weighted by molar-refractivity contribution is -0.0416. The molecule has 0 spiro atoms. The number of carbonyl (C=O) groups excluding carboxylic acids is 1. The van der Waals surface area contributed by atoms with Gasteiger partial charge in [0.1, 0.15) is 5.15 Å². The van der Waals surface area contributed by atoms with Crippen molar-refractivity contribution in [3.63, 3.8) is 0 Å². The van der Waals surface area contributed by atoms with Crippen molar-refractivity contribution in [3.8, 4) is 0 Å². The summed E-state index contributed by atoms with van der Waals surface area (Å²) in [5, 5.41) is 9.26. The van der Waals surface area contributed by atoms with Crippen LogP contribution in [0.2, 0.25) is 5.15 Å². The Balaban J connectivity index is 1.45. The van der Waals surface area contributed by atoms with Gasteiger partial charge < -0.3 is 19.6 Å². The molecule has 0 bridgehead atoms. The second kappa shape index (κ2) is 10.3. The highest BCUT2D eigenvalue weighted by Gasteiger charge is 2.26. The highest BCUT2D eigenvalue weighted by Crippen LogP contribution is 2.25. The molecule has 2 aliphatic rings.